The zero-order valence-electron chi connectivity index (χ0n) is 15.8. The number of carbonyl (C=O) groups excluding carboxylic acids is 1. The summed E-state index contributed by atoms with van der Waals surface area (Å²) in [5.41, 5.74) is 0.128. The van der Waals surface area contributed by atoms with E-state index in [-0.39, 0.29) is 24.0 Å². The first-order valence-electron chi connectivity index (χ1n) is 9.29. The molecular formula is C22H19FN2O3S. The quantitative estimate of drug-likeness (QED) is 0.828. The van der Waals surface area contributed by atoms with Crippen LogP contribution in [0.3, 0.4) is 0 Å². The van der Waals surface area contributed by atoms with E-state index in [1.165, 1.54) is 40.9 Å². The first-order valence-corrected chi connectivity index (χ1v) is 10.3. The van der Waals surface area contributed by atoms with Gasteiger partial charge in [0, 0.05) is 17.9 Å². The Morgan fingerprint density at radius 3 is 2.59 bits per heavy atom. The molecule has 2 aromatic rings. The highest BCUT2D eigenvalue weighted by molar-refractivity contribution is 8.03. The number of carbonyl (C=O) groups is 1. The molecule has 0 saturated carbocycles. The van der Waals surface area contributed by atoms with Gasteiger partial charge in [-0.15, -0.1) is 11.8 Å². The maximum atomic E-state index is 13.3. The molecule has 1 N–H and O–H groups in total. The molecule has 2 aromatic carbocycles. The lowest BCUT2D eigenvalue weighted by Crippen LogP contribution is -2.48. The van der Waals surface area contributed by atoms with Gasteiger partial charge in [0.1, 0.15) is 11.6 Å². The predicted octanol–water partition coefficient (Wildman–Crippen LogP) is 3.87. The third-order valence-electron chi connectivity index (χ3n) is 5.21. The number of nitriles is 1. The average molecular weight is 410 g/mol. The van der Waals surface area contributed by atoms with Gasteiger partial charge in [-0.3, -0.25) is 9.69 Å². The molecule has 0 bridgehead atoms. The number of halogens is 1. The summed E-state index contributed by atoms with van der Waals surface area (Å²) in [5, 5.41) is 21.6. The molecule has 1 fully saturated rings. The van der Waals surface area contributed by atoms with Crippen molar-refractivity contribution in [3.05, 3.63) is 76.1 Å². The number of thioether (sulfide) groups is 1. The van der Waals surface area contributed by atoms with Gasteiger partial charge in [0.2, 0.25) is 5.91 Å². The van der Waals surface area contributed by atoms with Crippen LogP contribution in [-0.4, -0.2) is 28.3 Å². The molecule has 2 heterocycles. The molecule has 2 aliphatic heterocycles. The molecule has 5 nitrogen and oxygen atoms in total. The summed E-state index contributed by atoms with van der Waals surface area (Å²) in [6.45, 7) is 2.46. The van der Waals surface area contributed by atoms with E-state index in [0.717, 1.165) is 11.3 Å². The van der Waals surface area contributed by atoms with Crippen molar-refractivity contribution in [3.63, 3.8) is 0 Å². The van der Waals surface area contributed by atoms with E-state index in [2.05, 4.69) is 6.07 Å². The number of rotatable bonds is 4. The minimum absolute atomic E-state index is 0.0738. The fourth-order valence-electron chi connectivity index (χ4n) is 3.80. The number of fused-ring (bicyclic) bond motifs is 1. The van der Waals surface area contributed by atoms with Gasteiger partial charge in [-0.25, -0.2) is 4.39 Å². The molecule has 0 unspecified atom stereocenters. The average Bonchev–Trinajstić information content (AvgIpc) is 3.08. The number of aliphatic hydroxyl groups is 1. The van der Waals surface area contributed by atoms with Crippen molar-refractivity contribution in [1.29, 1.82) is 5.26 Å². The molecule has 0 aromatic heterocycles. The highest BCUT2D eigenvalue weighted by Crippen LogP contribution is 2.51. The summed E-state index contributed by atoms with van der Waals surface area (Å²) in [6, 6.07) is 15.1. The van der Waals surface area contributed by atoms with Crippen molar-refractivity contribution in [2.24, 2.45) is 0 Å². The second kappa shape index (κ2) is 7.54. The van der Waals surface area contributed by atoms with Crippen molar-refractivity contribution in [3.8, 4) is 11.8 Å². The predicted molar refractivity (Wildman–Crippen MR) is 107 cm³/mol. The summed E-state index contributed by atoms with van der Waals surface area (Å²) < 4.78 is 18.8. The number of hydrogen-bond acceptors (Lipinski definition) is 5. The van der Waals surface area contributed by atoms with Crippen LogP contribution in [0.1, 0.15) is 30.4 Å². The molecule has 148 valence electrons. The van der Waals surface area contributed by atoms with E-state index in [1.54, 1.807) is 0 Å². The number of ether oxygens (including phenoxy) is 1. The molecular weight excluding hydrogens is 391 g/mol. The Morgan fingerprint density at radius 1 is 1.28 bits per heavy atom. The van der Waals surface area contributed by atoms with Crippen LogP contribution >= 0.6 is 11.8 Å². The minimum Gasteiger partial charge on any atom is -0.494 e. The Hall–Kier alpha value is -2.82. The van der Waals surface area contributed by atoms with Crippen molar-refractivity contribution in [2.75, 3.05) is 12.4 Å². The topological polar surface area (TPSA) is 73.6 Å². The fourth-order valence-corrected chi connectivity index (χ4v) is 5.16. The van der Waals surface area contributed by atoms with Gasteiger partial charge in [-0.2, -0.15) is 5.26 Å². The lowest BCUT2D eigenvalue weighted by molar-refractivity contribution is -0.149. The lowest BCUT2D eigenvalue weighted by Gasteiger charge is -2.38. The van der Waals surface area contributed by atoms with E-state index < -0.39 is 11.5 Å². The molecule has 29 heavy (non-hydrogen) atoms. The Morgan fingerprint density at radius 2 is 1.97 bits per heavy atom. The summed E-state index contributed by atoms with van der Waals surface area (Å²) in [7, 11) is 0. The minimum atomic E-state index is -1.60. The SMILES string of the molecule is CCOc1ccc([C@H]2CC(=O)N3C(=C2C#N)SC[C@@]3(O)c2ccc(F)cc2)cc1. The molecule has 2 aliphatic rings. The van der Waals surface area contributed by atoms with Crippen molar-refractivity contribution in [1.82, 2.24) is 4.90 Å². The van der Waals surface area contributed by atoms with Gasteiger partial charge in [-0.05, 0) is 36.8 Å². The maximum absolute atomic E-state index is 13.3. The van der Waals surface area contributed by atoms with Crippen LogP contribution in [0.4, 0.5) is 4.39 Å². The normalized spacial score (nSPS) is 23.7. The van der Waals surface area contributed by atoms with Crippen LogP contribution in [0.25, 0.3) is 0 Å². The smallest absolute Gasteiger partial charge is 0.231 e. The second-order valence-corrected chi connectivity index (χ2v) is 7.89. The molecule has 0 spiro atoms. The van der Waals surface area contributed by atoms with Crippen LogP contribution in [0.5, 0.6) is 5.75 Å². The lowest BCUT2D eigenvalue weighted by atomic mass is 9.85. The van der Waals surface area contributed by atoms with Gasteiger partial charge in [0.15, 0.2) is 5.72 Å². The standard InChI is InChI=1S/C22H19FN2O3S/c1-2-28-17-9-3-14(4-10-17)18-11-20(26)25-21(19(18)12-24)29-13-22(25,27)15-5-7-16(23)8-6-15/h3-10,18,27H,2,11,13H2,1H3/t18-,22-/m1/s1. The van der Waals surface area contributed by atoms with Gasteiger partial charge in [0.25, 0.3) is 0 Å². The maximum Gasteiger partial charge on any atom is 0.231 e. The summed E-state index contributed by atoms with van der Waals surface area (Å²) >= 11 is 1.27. The van der Waals surface area contributed by atoms with Crippen LogP contribution in [0.2, 0.25) is 0 Å². The second-order valence-electron chi connectivity index (χ2n) is 6.93. The molecule has 7 heteroatoms. The Bertz CT molecular complexity index is 1010. The van der Waals surface area contributed by atoms with Crippen molar-refractivity contribution >= 4 is 17.7 Å². The Balaban J connectivity index is 1.73. The van der Waals surface area contributed by atoms with Crippen LogP contribution in [0.15, 0.2) is 59.1 Å². The summed E-state index contributed by atoms with van der Waals surface area (Å²) in [5.74, 6) is -0.155. The van der Waals surface area contributed by atoms with Crippen molar-refractivity contribution < 1.29 is 19.0 Å². The molecule has 0 radical (unpaired) electrons. The Labute approximate surface area is 172 Å². The molecule has 0 aliphatic carbocycles. The molecule has 2 atom stereocenters. The van der Waals surface area contributed by atoms with E-state index in [1.807, 2.05) is 31.2 Å². The van der Waals surface area contributed by atoms with Gasteiger partial charge in [-0.1, -0.05) is 24.3 Å². The fraction of sp³-hybridized carbons (Fsp3) is 0.273. The van der Waals surface area contributed by atoms with E-state index in [4.69, 9.17) is 4.74 Å². The van der Waals surface area contributed by atoms with Crippen molar-refractivity contribution in [2.45, 2.75) is 25.0 Å². The van der Waals surface area contributed by atoms with E-state index in [9.17, 15) is 19.6 Å². The van der Waals surface area contributed by atoms with Crippen LogP contribution in [0, 0.1) is 17.1 Å². The monoisotopic (exact) mass is 410 g/mol. The molecule has 1 amide bonds. The third-order valence-corrected chi connectivity index (χ3v) is 6.43. The number of nitrogens with zero attached hydrogens (tertiary/aromatic N) is 2. The van der Waals surface area contributed by atoms with E-state index in [0.29, 0.717) is 22.8 Å². The molecule has 1 saturated heterocycles. The number of benzene rings is 2. The third kappa shape index (κ3) is 3.28. The highest BCUT2D eigenvalue weighted by Gasteiger charge is 2.51. The number of amides is 1. The summed E-state index contributed by atoms with van der Waals surface area (Å²) in [4.78, 5) is 14.4. The van der Waals surface area contributed by atoms with Gasteiger partial charge < -0.3 is 9.84 Å². The zero-order valence-corrected chi connectivity index (χ0v) is 16.6. The summed E-state index contributed by atoms with van der Waals surface area (Å²) in [6.07, 6.45) is 0.0738. The Kier molecular flexibility index (Phi) is 5.07. The largest absolute Gasteiger partial charge is 0.494 e. The van der Waals surface area contributed by atoms with Gasteiger partial charge in [0.05, 0.1) is 29.0 Å². The first-order chi connectivity index (χ1) is 14.0. The number of hydrogen-bond donors (Lipinski definition) is 1. The van der Waals surface area contributed by atoms with Gasteiger partial charge >= 0.3 is 0 Å². The first kappa shape index (κ1) is 19.5. The highest BCUT2D eigenvalue weighted by atomic mass is 32.2. The molecule has 4 rings (SSSR count). The van der Waals surface area contributed by atoms with E-state index >= 15 is 0 Å². The zero-order chi connectivity index (χ0) is 20.6. The van der Waals surface area contributed by atoms with Crippen LogP contribution in [-0.2, 0) is 10.5 Å². The van der Waals surface area contributed by atoms with Crippen LogP contribution < -0.4 is 4.74 Å². The number of allylic oxidation sites excluding steroid dienone is 1.